The van der Waals surface area contributed by atoms with Crippen LogP contribution >= 0.6 is 57.5 Å². The molecule has 0 spiro atoms. The number of anilines is 11. The lowest BCUT2D eigenvalue weighted by atomic mass is 10.1. The molecule has 0 bridgehead atoms. The van der Waals surface area contributed by atoms with Crippen LogP contribution in [0.5, 0.6) is 0 Å². The average Bonchev–Trinajstić information content (AvgIpc) is 1.88. The Hall–Kier alpha value is -9.91. The van der Waals surface area contributed by atoms with E-state index in [2.05, 4.69) is 217 Å². The van der Waals surface area contributed by atoms with E-state index in [-0.39, 0.29) is 0 Å². The molecule has 87 heavy (non-hydrogen) atoms. The lowest BCUT2D eigenvalue weighted by molar-refractivity contribution is 1.25. The molecular weight excluding hydrogens is 1170 g/mol. The summed E-state index contributed by atoms with van der Waals surface area (Å²) in [5.74, 6) is 0. The molecule has 0 aliphatic rings. The lowest BCUT2D eigenvalue weighted by Crippen LogP contribution is -2.14. The maximum atomic E-state index is 7.45. The second-order valence-corrected chi connectivity index (χ2v) is 23.5. The number of benzene rings is 12. The molecular formula is C74H51Cl3N8S2. The van der Waals surface area contributed by atoms with Crippen molar-refractivity contribution < 1.29 is 0 Å². The highest BCUT2D eigenvalue weighted by Crippen LogP contribution is 2.48. The van der Waals surface area contributed by atoms with Gasteiger partial charge in [0.15, 0.2) is 9.92 Å². The molecule has 16 rings (SSSR count). The Bertz CT molecular complexity index is 4950. The first-order chi connectivity index (χ1) is 42.9. The lowest BCUT2D eigenvalue weighted by Gasteiger charge is -2.31. The monoisotopic (exact) mass is 1220 g/mol. The first kappa shape index (κ1) is 55.0. The van der Waals surface area contributed by atoms with Crippen LogP contribution in [-0.2, 0) is 0 Å². The van der Waals surface area contributed by atoms with Gasteiger partial charge in [-0.3, -0.25) is 8.80 Å². The van der Waals surface area contributed by atoms with E-state index in [1.54, 1.807) is 28.7 Å². The Morgan fingerprint density at radius 3 is 1.03 bits per heavy atom. The smallest absolute Gasteiger partial charge is 0.195 e. The summed E-state index contributed by atoms with van der Waals surface area (Å²) in [5, 5.41) is 5.00. The number of para-hydroxylation sites is 8. The molecule has 0 amide bonds. The fourth-order valence-corrected chi connectivity index (χ4v) is 13.7. The third kappa shape index (κ3) is 11.1. The largest absolute Gasteiger partial charge is 0.356 e. The molecule has 420 valence electrons. The van der Waals surface area contributed by atoms with Crippen LogP contribution < -0.4 is 20.0 Å². The van der Waals surface area contributed by atoms with Gasteiger partial charge in [-0.25, -0.2) is 9.97 Å². The first-order valence-electron chi connectivity index (χ1n) is 28.2. The van der Waals surface area contributed by atoms with Crippen molar-refractivity contribution in [3.8, 4) is 0 Å². The van der Waals surface area contributed by atoms with Gasteiger partial charge in [0.25, 0.3) is 0 Å². The number of hydrogen-bond acceptors (Lipinski definition) is 8. The SMILES string of the molecule is Clc1c(N(c2ccccc2)c2ccccc2)cccc1N(c1ccccc1)c1ccc2nc3sc4ccccc4n3c2c1.Clc1cccc(N(c2ccccc2)c2ccc3nc4sc5ccccc5n4c3c2)c1Cl.c1ccc(Nc2ccccc2)cc1. The number of thiazole rings is 2. The number of halogens is 3. The third-order valence-electron chi connectivity index (χ3n) is 14.9. The minimum atomic E-state index is 0.521. The molecule has 8 nitrogen and oxygen atoms in total. The highest BCUT2D eigenvalue weighted by molar-refractivity contribution is 7.24. The molecule has 4 heterocycles. The molecule has 1 N–H and O–H groups in total. The molecule has 0 saturated heterocycles. The van der Waals surface area contributed by atoms with Crippen molar-refractivity contribution in [2.45, 2.75) is 0 Å². The summed E-state index contributed by atoms with van der Waals surface area (Å²) in [6.45, 7) is 0. The third-order valence-corrected chi connectivity index (χ3v) is 18.1. The van der Waals surface area contributed by atoms with Gasteiger partial charge in [-0.2, -0.15) is 0 Å². The number of fused-ring (bicyclic) bond motifs is 10. The zero-order valence-corrected chi connectivity index (χ0v) is 50.3. The summed E-state index contributed by atoms with van der Waals surface area (Å²) in [5.41, 5.74) is 17.3. The summed E-state index contributed by atoms with van der Waals surface area (Å²) < 4.78 is 6.92. The molecule has 16 aromatic rings. The minimum absolute atomic E-state index is 0.521. The predicted octanol–water partition coefficient (Wildman–Crippen LogP) is 23.2. The zero-order valence-electron chi connectivity index (χ0n) is 46.4. The van der Waals surface area contributed by atoms with E-state index >= 15 is 0 Å². The summed E-state index contributed by atoms with van der Waals surface area (Å²) >= 11 is 23.9. The Kier molecular flexibility index (Phi) is 15.5. The van der Waals surface area contributed by atoms with Crippen LogP contribution in [0.15, 0.2) is 303 Å². The van der Waals surface area contributed by atoms with Gasteiger partial charge in [0, 0.05) is 45.5 Å². The molecule has 0 radical (unpaired) electrons. The summed E-state index contributed by atoms with van der Waals surface area (Å²) in [4.78, 5) is 18.3. The standard InChI is InChI=1S/C37H25ClN4S.C25H15Cl2N3S.C12H11N/c38-36-32(40(26-13-4-1-5-14-26)27-15-6-2-7-16-27)20-12-21-33(36)41(28-17-8-3-9-18-28)29-23-24-30-34(25-29)42-31-19-10-11-22-35(31)43-37(42)39-30;26-18-9-6-11-21(24(18)27)29(16-7-2-1-3-8-16)17-13-14-19-22(15-17)30-20-10-4-5-12-23(20)31-25(30)28-19;1-3-7-11(8-4-1)13-12-9-5-2-6-10-12/h1-25H;1-15H;1-10,13H. The summed E-state index contributed by atoms with van der Waals surface area (Å²) in [6.07, 6.45) is 0. The van der Waals surface area contributed by atoms with Gasteiger partial charge in [-0.15, -0.1) is 0 Å². The summed E-state index contributed by atoms with van der Waals surface area (Å²) in [6, 6.07) is 103. The number of aromatic nitrogens is 4. The van der Waals surface area contributed by atoms with Crippen molar-refractivity contribution in [3.63, 3.8) is 0 Å². The number of hydrogen-bond donors (Lipinski definition) is 1. The molecule has 12 aromatic carbocycles. The fraction of sp³-hybridized carbons (Fsp3) is 0. The topological polar surface area (TPSA) is 56.4 Å². The van der Waals surface area contributed by atoms with Crippen molar-refractivity contribution >= 4 is 172 Å². The molecule has 0 saturated carbocycles. The second kappa shape index (κ2) is 24.6. The highest BCUT2D eigenvalue weighted by Gasteiger charge is 2.24. The van der Waals surface area contributed by atoms with Crippen LogP contribution in [0.3, 0.4) is 0 Å². The first-order valence-corrected chi connectivity index (χ1v) is 31.0. The Morgan fingerprint density at radius 2 is 0.632 bits per heavy atom. The van der Waals surface area contributed by atoms with E-state index < -0.39 is 0 Å². The van der Waals surface area contributed by atoms with Gasteiger partial charge in [-0.1, -0.05) is 203 Å². The maximum Gasteiger partial charge on any atom is 0.195 e. The van der Waals surface area contributed by atoms with Gasteiger partial charge in [0.2, 0.25) is 0 Å². The van der Waals surface area contributed by atoms with Crippen molar-refractivity contribution in [1.82, 2.24) is 18.8 Å². The normalized spacial score (nSPS) is 11.2. The van der Waals surface area contributed by atoms with Crippen molar-refractivity contribution in [2.24, 2.45) is 0 Å². The second-order valence-electron chi connectivity index (χ2n) is 20.3. The van der Waals surface area contributed by atoms with E-state index in [1.807, 2.05) is 109 Å². The van der Waals surface area contributed by atoms with E-state index in [0.29, 0.717) is 15.1 Å². The molecule has 0 atom stereocenters. The van der Waals surface area contributed by atoms with E-state index in [0.717, 1.165) is 106 Å². The van der Waals surface area contributed by atoms with Gasteiger partial charge in [0.1, 0.15) is 0 Å². The predicted molar refractivity (Wildman–Crippen MR) is 371 cm³/mol. The molecule has 0 unspecified atom stereocenters. The van der Waals surface area contributed by atoms with Gasteiger partial charge in [0.05, 0.1) is 74.6 Å². The Morgan fingerprint density at radius 1 is 0.299 bits per heavy atom. The molecule has 13 heteroatoms. The number of imidazole rings is 2. The van der Waals surface area contributed by atoms with Crippen LogP contribution in [0.25, 0.3) is 52.4 Å². The molecule has 0 fully saturated rings. The zero-order chi connectivity index (χ0) is 58.6. The Balaban J connectivity index is 0.000000131. The van der Waals surface area contributed by atoms with E-state index in [1.165, 1.54) is 9.40 Å². The number of nitrogens with one attached hydrogen (secondary N) is 1. The molecule has 0 aliphatic carbocycles. The molecule has 0 aliphatic heterocycles. The number of rotatable bonds is 11. The van der Waals surface area contributed by atoms with Crippen LogP contribution in [0.4, 0.5) is 62.6 Å². The average molecular weight is 1220 g/mol. The quantitative estimate of drug-likeness (QED) is 0.139. The van der Waals surface area contributed by atoms with E-state index in [4.69, 9.17) is 44.8 Å². The van der Waals surface area contributed by atoms with Gasteiger partial charge >= 0.3 is 0 Å². The van der Waals surface area contributed by atoms with Crippen LogP contribution in [0.1, 0.15) is 0 Å². The van der Waals surface area contributed by atoms with Gasteiger partial charge < -0.3 is 20.0 Å². The van der Waals surface area contributed by atoms with Crippen LogP contribution in [-0.4, -0.2) is 18.8 Å². The van der Waals surface area contributed by atoms with Crippen molar-refractivity contribution in [3.05, 3.63) is 318 Å². The molecule has 4 aromatic heterocycles. The summed E-state index contributed by atoms with van der Waals surface area (Å²) in [7, 11) is 0. The maximum absolute atomic E-state index is 7.45. The van der Waals surface area contributed by atoms with Crippen molar-refractivity contribution in [1.29, 1.82) is 0 Å². The van der Waals surface area contributed by atoms with Crippen molar-refractivity contribution in [2.75, 3.05) is 20.0 Å². The Labute approximate surface area is 525 Å². The fourth-order valence-electron chi connectivity index (χ4n) is 10.9. The highest BCUT2D eigenvalue weighted by atomic mass is 35.5. The number of nitrogens with zero attached hydrogens (tertiary/aromatic N) is 7. The van der Waals surface area contributed by atoms with Gasteiger partial charge in [-0.05, 0) is 158 Å². The van der Waals surface area contributed by atoms with Crippen LogP contribution in [0, 0.1) is 0 Å². The van der Waals surface area contributed by atoms with Crippen LogP contribution in [0.2, 0.25) is 15.1 Å². The minimum Gasteiger partial charge on any atom is -0.356 e. The van der Waals surface area contributed by atoms with E-state index in [9.17, 15) is 0 Å².